The molecule has 1 unspecified atom stereocenters. The molecule has 0 bridgehead atoms. The summed E-state index contributed by atoms with van der Waals surface area (Å²) in [5.41, 5.74) is 2.50. The Bertz CT molecular complexity index is 435. The summed E-state index contributed by atoms with van der Waals surface area (Å²) in [6.45, 7) is 11.9. The van der Waals surface area contributed by atoms with E-state index in [0.717, 1.165) is 30.1 Å². The molecular weight excluding hydrogens is 236 g/mol. The number of rotatable bonds is 2. The Morgan fingerprint density at radius 3 is 2.63 bits per heavy atom. The maximum Gasteiger partial charge on any atom is 0.144 e. The van der Waals surface area contributed by atoms with Crippen LogP contribution in [0, 0.1) is 5.41 Å². The summed E-state index contributed by atoms with van der Waals surface area (Å²) in [5, 5.41) is 7.18. The highest BCUT2D eigenvalue weighted by atomic mass is 16.5. The molecule has 3 heteroatoms. The van der Waals surface area contributed by atoms with Gasteiger partial charge in [-0.3, -0.25) is 0 Å². The molecule has 0 radical (unpaired) electrons. The van der Waals surface area contributed by atoms with Crippen LogP contribution in [0.5, 0.6) is 5.75 Å². The summed E-state index contributed by atoms with van der Waals surface area (Å²) in [6, 6.07) is 6.68. The second kappa shape index (κ2) is 5.32. The van der Waals surface area contributed by atoms with Crippen molar-refractivity contribution < 1.29 is 4.74 Å². The van der Waals surface area contributed by atoms with Gasteiger partial charge >= 0.3 is 0 Å². The van der Waals surface area contributed by atoms with Crippen molar-refractivity contribution in [1.29, 1.82) is 0 Å². The van der Waals surface area contributed by atoms with Crippen LogP contribution in [0.3, 0.4) is 0 Å². The van der Waals surface area contributed by atoms with Crippen molar-refractivity contribution in [1.82, 2.24) is 0 Å². The number of fused-ring (bicyclic) bond motifs is 1. The molecule has 0 fully saturated rings. The third-order valence-corrected chi connectivity index (χ3v) is 3.50. The van der Waals surface area contributed by atoms with Gasteiger partial charge in [0, 0.05) is 12.6 Å². The van der Waals surface area contributed by atoms with Gasteiger partial charge in [0.2, 0.25) is 0 Å². The zero-order chi connectivity index (χ0) is 14.0. The molecule has 0 spiro atoms. The molecule has 1 atom stereocenters. The zero-order valence-corrected chi connectivity index (χ0v) is 12.7. The molecule has 0 amide bonds. The second-order valence-corrected chi connectivity index (χ2v) is 6.62. The van der Waals surface area contributed by atoms with Crippen LogP contribution in [0.1, 0.15) is 41.0 Å². The fourth-order valence-corrected chi connectivity index (χ4v) is 2.44. The number of nitrogens with one attached hydrogen (secondary N) is 2. The Morgan fingerprint density at radius 2 is 2.00 bits per heavy atom. The monoisotopic (exact) mass is 262 g/mol. The third kappa shape index (κ3) is 3.34. The van der Waals surface area contributed by atoms with Gasteiger partial charge in [0.05, 0.1) is 11.8 Å². The van der Waals surface area contributed by atoms with Crippen molar-refractivity contribution in [3.05, 3.63) is 18.2 Å². The van der Waals surface area contributed by atoms with Crippen LogP contribution in [-0.2, 0) is 0 Å². The predicted molar refractivity (Wildman–Crippen MR) is 82.2 cm³/mol. The van der Waals surface area contributed by atoms with Crippen LogP contribution in [0.25, 0.3) is 0 Å². The van der Waals surface area contributed by atoms with E-state index < -0.39 is 0 Å². The molecule has 0 aliphatic carbocycles. The SMILES string of the molecule is CC(C)Oc1cccc2c1NCCC(C(C)(C)C)N2. The minimum absolute atomic E-state index is 0.190. The Labute approximate surface area is 116 Å². The van der Waals surface area contributed by atoms with E-state index in [2.05, 4.69) is 57.4 Å². The van der Waals surface area contributed by atoms with Gasteiger partial charge in [0.25, 0.3) is 0 Å². The number of hydrogen-bond acceptors (Lipinski definition) is 3. The fourth-order valence-electron chi connectivity index (χ4n) is 2.44. The summed E-state index contributed by atoms with van der Waals surface area (Å²) < 4.78 is 5.89. The molecule has 106 valence electrons. The molecule has 19 heavy (non-hydrogen) atoms. The maximum atomic E-state index is 5.89. The molecule has 0 aromatic heterocycles. The first kappa shape index (κ1) is 14.0. The number of hydrogen-bond donors (Lipinski definition) is 2. The third-order valence-electron chi connectivity index (χ3n) is 3.50. The summed E-state index contributed by atoms with van der Waals surface area (Å²) >= 11 is 0. The Hall–Kier alpha value is -1.38. The fraction of sp³-hybridized carbons (Fsp3) is 0.625. The number of anilines is 2. The highest BCUT2D eigenvalue weighted by molar-refractivity contribution is 5.76. The van der Waals surface area contributed by atoms with E-state index in [-0.39, 0.29) is 11.5 Å². The van der Waals surface area contributed by atoms with E-state index in [1.54, 1.807) is 0 Å². The molecule has 1 aliphatic rings. The number of benzene rings is 1. The smallest absolute Gasteiger partial charge is 0.144 e. The number of para-hydroxylation sites is 1. The van der Waals surface area contributed by atoms with E-state index in [1.807, 2.05) is 6.07 Å². The van der Waals surface area contributed by atoms with Crippen molar-refractivity contribution in [3.8, 4) is 5.75 Å². The Kier molecular flexibility index (Phi) is 3.93. The molecule has 2 rings (SSSR count). The van der Waals surface area contributed by atoms with Crippen LogP contribution in [0.2, 0.25) is 0 Å². The van der Waals surface area contributed by atoms with Crippen molar-refractivity contribution >= 4 is 11.4 Å². The predicted octanol–water partition coefficient (Wildman–Crippen LogP) is 4.12. The topological polar surface area (TPSA) is 33.3 Å². The van der Waals surface area contributed by atoms with Crippen molar-refractivity contribution in [3.63, 3.8) is 0 Å². The lowest BCUT2D eigenvalue weighted by atomic mass is 9.85. The van der Waals surface area contributed by atoms with Crippen LogP contribution in [0.4, 0.5) is 11.4 Å². The first-order chi connectivity index (χ1) is 8.88. The van der Waals surface area contributed by atoms with Crippen LogP contribution in [-0.4, -0.2) is 18.7 Å². The maximum absolute atomic E-state index is 5.89. The highest BCUT2D eigenvalue weighted by Gasteiger charge is 2.27. The van der Waals surface area contributed by atoms with Gasteiger partial charge in [-0.1, -0.05) is 26.8 Å². The molecule has 1 heterocycles. The lowest BCUT2D eigenvalue weighted by molar-refractivity contribution is 0.244. The largest absolute Gasteiger partial charge is 0.489 e. The van der Waals surface area contributed by atoms with E-state index >= 15 is 0 Å². The van der Waals surface area contributed by atoms with E-state index in [4.69, 9.17) is 4.74 Å². The van der Waals surface area contributed by atoms with E-state index in [9.17, 15) is 0 Å². The zero-order valence-electron chi connectivity index (χ0n) is 12.7. The lowest BCUT2D eigenvalue weighted by Crippen LogP contribution is -2.34. The summed E-state index contributed by atoms with van der Waals surface area (Å²) in [7, 11) is 0. The molecule has 0 saturated heterocycles. The summed E-state index contributed by atoms with van der Waals surface area (Å²) in [6.07, 6.45) is 1.30. The highest BCUT2D eigenvalue weighted by Crippen LogP contribution is 2.38. The molecule has 3 nitrogen and oxygen atoms in total. The quantitative estimate of drug-likeness (QED) is 0.841. The minimum atomic E-state index is 0.190. The average molecular weight is 262 g/mol. The normalized spacial score (nSPS) is 19.2. The van der Waals surface area contributed by atoms with Gasteiger partial charge in [-0.25, -0.2) is 0 Å². The van der Waals surface area contributed by atoms with Gasteiger partial charge in [0.1, 0.15) is 11.4 Å². The average Bonchev–Trinajstić information content (AvgIpc) is 2.50. The van der Waals surface area contributed by atoms with Gasteiger partial charge in [-0.15, -0.1) is 0 Å². The Balaban J connectivity index is 2.29. The molecular formula is C16H26N2O. The number of ether oxygens (including phenoxy) is 1. The van der Waals surface area contributed by atoms with Gasteiger partial charge < -0.3 is 15.4 Å². The lowest BCUT2D eigenvalue weighted by Gasteiger charge is -2.31. The molecule has 1 aromatic carbocycles. The first-order valence-electron chi connectivity index (χ1n) is 7.18. The van der Waals surface area contributed by atoms with Gasteiger partial charge in [-0.2, -0.15) is 0 Å². The molecule has 1 aromatic rings. The molecule has 0 saturated carbocycles. The molecule has 2 N–H and O–H groups in total. The van der Waals surface area contributed by atoms with Crippen LogP contribution in [0.15, 0.2) is 18.2 Å². The van der Waals surface area contributed by atoms with Crippen LogP contribution >= 0.6 is 0 Å². The summed E-state index contributed by atoms with van der Waals surface area (Å²) in [4.78, 5) is 0. The van der Waals surface area contributed by atoms with Crippen molar-refractivity contribution in [2.45, 2.75) is 53.2 Å². The minimum Gasteiger partial charge on any atom is -0.489 e. The van der Waals surface area contributed by atoms with E-state index in [0.29, 0.717) is 6.04 Å². The summed E-state index contributed by atoms with van der Waals surface area (Å²) in [5.74, 6) is 0.939. The van der Waals surface area contributed by atoms with Crippen molar-refractivity contribution in [2.24, 2.45) is 5.41 Å². The van der Waals surface area contributed by atoms with E-state index in [1.165, 1.54) is 0 Å². The Morgan fingerprint density at radius 1 is 1.26 bits per heavy atom. The molecule has 1 aliphatic heterocycles. The van der Waals surface area contributed by atoms with Gasteiger partial charge in [0.15, 0.2) is 0 Å². The van der Waals surface area contributed by atoms with Crippen LogP contribution < -0.4 is 15.4 Å². The first-order valence-corrected chi connectivity index (χ1v) is 7.18. The second-order valence-electron chi connectivity index (χ2n) is 6.62. The van der Waals surface area contributed by atoms with Gasteiger partial charge in [-0.05, 0) is 37.8 Å². The van der Waals surface area contributed by atoms with Crippen molar-refractivity contribution in [2.75, 3.05) is 17.2 Å². The standard InChI is InChI=1S/C16H26N2O/c1-11(2)19-13-8-6-7-12-15(13)17-10-9-14(18-12)16(3,4)5/h6-8,11,14,17-18H,9-10H2,1-5H3.